The van der Waals surface area contributed by atoms with E-state index in [2.05, 4.69) is 55.6 Å². The van der Waals surface area contributed by atoms with Crippen LogP contribution < -0.4 is 5.32 Å². The summed E-state index contributed by atoms with van der Waals surface area (Å²) in [5, 5.41) is 23.3. The molecule has 0 rings (SSSR count). The van der Waals surface area contributed by atoms with E-state index in [1.165, 1.54) is 411 Å². The number of hydrogen-bond acceptors (Lipinski definition) is 5. The fraction of sp³-hybridized carbons (Fsp3) is 0.889. The lowest BCUT2D eigenvalue weighted by Gasteiger charge is -2.20. The standard InChI is InChI=1S/C90H171NO5/c1-3-5-7-9-11-13-15-17-19-21-22-23-24-38-41-44-47-51-54-58-62-66-70-74-78-82-88(93)87(86-92)91-89(94)83-79-75-71-67-63-59-55-52-48-45-42-39-36-34-32-30-28-26-25-27-29-31-33-35-37-40-43-46-49-53-57-61-65-69-73-77-81-85-96-90(95)84-80-76-72-68-64-60-56-50-20-18-16-14-12-10-8-6-4-2/h12,14,18,20,25,27,78,82,87-88,92-93H,3-11,13,15-17,19,21-24,26,28-77,79-81,83-86H2,1-2H3,(H,91,94)/b14-12-,20-18-,27-25-,82-78+. The largest absolute Gasteiger partial charge is 0.466 e. The van der Waals surface area contributed by atoms with Crippen LogP contribution in [0.25, 0.3) is 0 Å². The molecule has 96 heavy (non-hydrogen) atoms. The molecule has 2 atom stereocenters. The molecule has 0 aromatic rings. The Morgan fingerprint density at radius 3 is 0.823 bits per heavy atom. The number of unbranched alkanes of at least 4 members (excludes halogenated alkanes) is 66. The number of amides is 1. The summed E-state index contributed by atoms with van der Waals surface area (Å²) in [5.74, 6) is -0.0444. The first-order valence-corrected chi connectivity index (χ1v) is 43.9. The molecular weight excluding hydrogens is 1170 g/mol. The van der Waals surface area contributed by atoms with Crippen molar-refractivity contribution in [2.45, 2.75) is 501 Å². The number of hydrogen-bond donors (Lipinski definition) is 3. The zero-order valence-electron chi connectivity index (χ0n) is 65.1. The third-order valence-electron chi connectivity index (χ3n) is 20.6. The van der Waals surface area contributed by atoms with Crippen molar-refractivity contribution in [1.29, 1.82) is 0 Å². The van der Waals surface area contributed by atoms with Gasteiger partial charge in [-0.1, -0.05) is 435 Å². The van der Waals surface area contributed by atoms with Crippen LogP contribution in [0.15, 0.2) is 48.6 Å². The quantitative estimate of drug-likeness (QED) is 0.0320. The lowest BCUT2D eigenvalue weighted by atomic mass is 10.0. The van der Waals surface area contributed by atoms with Crippen molar-refractivity contribution >= 4 is 11.9 Å². The number of aliphatic hydroxyl groups excluding tert-OH is 2. The summed E-state index contributed by atoms with van der Waals surface area (Å²) in [7, 11) is 0. The summed E-state index contributed by atoms with van der Waals surface area (Å²) in [6.07, 6.45) is 114. The Morgan fingerprint density at radius 1 is 0.292 bits per heavy atom. The molecule has 6 nitrogen and oxygen atoms in total. The molecule has 0 heterocycles. The molecule has 0 fully saturated rings. The van der Waals surface area contributed by atoms with Crippen molar-refractivity contribution in [3.63, 3.8) is 0 Å². The maximum absolute atomic E-state index is 12.6. The summed E-state index contributed by atoms with van der Waals surface area (Å²) >= 11 is 0. The van der Waals surface area contributed by atoms with E-state index in [4.69, 9.17) is 4.74 Å². The van der Waals surface area contributed by atoms with Crippen molar-refractivity contribution < 1.29 is 24.5 Å². The van der Waals surface area contributed by atoms with E-state index in [9.17, 15) is 19.8 Å². The van der Waals surface area contributed by atoms with E-state index in [0.717, 1.165) is 51.4 Å². The molecule has 0 aromatic heterocycles. The molecule has 0 bridgehead atoms. The Morgan fingerprint density at radius 2 is 0.521 bits per heavy atom. The first kappa shape index (κ1) is 93.8. The van der Waals surface area contributed by atoms with Gasteiger partial charge in [0.05, 0.1) is 25.4 Å². The lowest BCUT2D eigenvalue weighted by Crippen LogP contribution is -2.45. The van der Waals surface area contributed by atoms with Crippen molar-refractivity contribution in [1.82, 2.24) is 5.32 Å². The van der Waals surface area contributed by atoms with Crippen LogP contribution in [-0.2, 0) is 14.3 Å². The summed E-state index contributed by atoms with van der Waals surface area (Å²) in [4.78, 5) is 24.7. The molecule has 0 aliphatic carbocycles. The smallest absolute Gasteiger partial charge is 0.305 e. The minimum Gasteiger partial charge on any atom is -0.466 e. The Kier molecular flexibility index (Phi) is 83.3. The molecule has 0 aliphatic rings. The normalized spacial score (nSPS) is 12.7. The van der Waals surface area contributed by atoms with E-state index in [1.54, 1.807) is 6.08 Å². The van der Waals surface area contributed by atoms with Gasteiger partial charge in [0.15, 0.2) is 0 Å². The molecule has 2 unspecified atom stereocenters. The van der Waals surface area contributed by atoms with Crippen LogP contribution in [0, 0.1) is 0 Å². The minimum atomic E-state index is -0.844. The Bertz CT molecular complexity index is 1600. The van der Waals surface area contributed by atoms with Gasteiger partial charge in [-0.2, -0.15) is 0 Å². The summed E-state index contributed by atoms with van der Waals surface area (Å²) in [6.45, 7) is 4.93. The highest BCUT2D eigenvalue weighted by molar-refractivity contribution is 5.76. The fourth-order valence-corrected chi connectivity index (χ4v) is 13.9. The minimum absolute atomic E-state index is 0.0142. The lowest BCUT2D eigenvalue weighted by molar-refractivity contribution is -0.143. The van der Waals surface area contributed by atoms with E-state index >= 15 is 0 Å². The topological polar surface area (TPSA) is 95.9 Å². The number of ether oxygens (including phenoxy) is 1. The number of rotatable bonds is 83. The van der Waals surface area contributed by atoms with E-state index < -0.39 is 12.1 Å². The molecule has 3 N–H and O–H groups in total. The fourth-order valence-electron chi connectivity index (χ4n) is 13.9. The molecule has 1 amide bonds. The molecule has 0 aliphatic heterocycles. The van der Waals surface area contributed by atoms with Crippen LogP contribution in [0.2, 0.25) is 0 Å². The van der Waals surface area contributed by atoms with Gasteiger partial charge in [-0.3, -0.25) is 9.59 Å². The predicted molar refractivity (Wildman–Crippen MR) is 426 cm³/mol. The van der Waals surface area contributed by atoms with Gasteiger partial charge in [-0.25, -0.2) is 0 Å². The highest BCUT2D eigenvalue weighted by atomic mass is 16.5. The van der Waals surface area contributed by atoms with Crippen molar-refractivity contribution in [2.75, 3.05) is 13.2 Å². The summed E-state index contributed by atoms with van der Waals surface area (Å²) in [5.41, 5.74) is 0. The Labute approximate surface area is 601 Å². The molecule has 566 valence electrons. The number of aliphatic hydroxyl groups is 2. The maximum atomic E-state index is 12.6. The molecule has 0 radical (unpaired) electrons. The van der Waals surface area contributed by atoms with Crippen LogP contribution >= 0.6 is 0 Å². The number of nitrogens with one attached hydrogen (secondary N) is 1. The second-order valence-corrected chi connectivity index (χ2v) is 30.2. The number of allylic oxidation sites excluding steroid dienone is 7. The van der Waals surface area contributed by atoms with Crippen molar-refractivity contribution in [2.24, 2.45) is 0 Å². The van der Waals surface area contributed by atoms with Gasteiger partial charge in [0.25, 0.3) is 0 Å². The van der Waals surface area contributed by atoms with Crippen LogP contribution in [0.4, 0.5) is 0 Å². The zero-order valence-corrected chi connectivity index (χ0v) is 65.1. The van der Waals surface area contributed by atoms with Crippen LogP contribution in [-0.4, -0.2) is 47.4 Å². The van der Waals surface area contributed by atoms with E-state index in [0.29, 0.717) is 19.4 Å². The van der Waals surface area contributed by atoms with Crippen molar-refractivity contribution in [3.05, 3.63) is 48.6 Å². The van der Waals surface area contributed by atoms with Gasteiger partial charge in [-0.05, 0) is 89.9 Å². The monoisotopic (exact) mass is 1350 g/mol. The molecule has 6 heteroatoms. The second-order valence-electron chi connectivity index (χ2n) is 30.2. The van der Waals surface area contributed by atoms with Gasteiger partial charge in [0.2, 0.25) is 5.91 Å². The van der Waals surface area contributed by atoms with Gasteiger partial charge >= 0.3 is 5.97 Å². The highest BCUT2D eigenvalue weighted by Crippen LogP contribution is 2.20. The average molecular weight is 1350 g/mol. The Balaban J connectivity index is 3.36. The Hall–Kier alpha value is -2.18. The molecule has 0 spiro atoms. The molecule has 0 saturated carbocycles. The van der Waals surface area contributed by atoms with Gasteiger partial charge in [-0.15, -0.1) is 0 Å². The SMILES string of the molecule is CCCCC/C=C\C/C=C\CCCCCCCCCC(=O)OCCCCCCCCCCCCCCCCCC/C=C\CCCCCCCCCCCCCCCCCCCC(=O)NC(CO)C(O)/C=C/CCCCCCCCCCCCCCCCCCCCCCCCC. The first-order chi connectivity index (χ1) is 47.5. The third-order valence-corrected chi connectivity index (χ3v) is 20.6. The van der Waals surface area contributed by atoms with Crippen molar-refractivity contribution in [3.8, 4) is 0 Å². The molecule has 0 saturated heterocycles. The molecular formula is C90H171NO5. The summed E-state index contributed by atoms with van der Waals surface area (Å²) in [6, 6.07) is -0.627. The number of esters is 1. The van der Waals surface area contributed by atoms with Gasteiger partial charge in [0.1, 0.15) is 0 Å². The van der Waals surface area contributed by atoms with Gasteiger partial charge in [0, 0.05) is 12.8 Å². The van der Waals surface area contributed by atoms with Crippen LogP contribution in [0.3, 0.4) is 0 Å². The number of carbonyl (C=O) groups is 2. The zero-order chi connectivity index (χ0) is 69.1. The van der Waals surface area contributed by atoms with Gasteiger partial charge < -0.3 is 20.3 Å². The predicted octanol–water partition coefficient (Wildman–Crippen LogP) is 29.5. The van der Waals surface area contributed by atoms with Crippen LogP contribution in [0.5, 0.6) is 0 Å². The summed E-state index contributed by atoms with van der Waals surface area (Å²) < 4.78 is 5.51. The van der Waals surface area contributed by atoms with E-state index in [1.807, 2.05) is 6.08 Å². The average Bonchev–Trinajstić information content (AvgIpc) is 2.81. The van der Waals surface area contributed by atoms with Crippen LogP contribution in [0.1, 0.15) is 489 Å². The molecule has 0 aromatic carbocycles. The first-order valence-electron chi connectivity index (χ1n) is 43.9. The third kappa shape index (κ3) is 80.8. The number of carbonyl (C=O) groups excluding carboxylic acids is 2. The second kappa shape index (κ2) is 85.2. The highest BCUT2D eigenvalue weighted by Gasteiger charge is 2.18. The maximum Gasteiger partial charge on any atom is 0.305 e. The van der Waals surface area contributed by atoms with E-state index in [-0.39, 0.29) is 18.5 Å².